The fourth-order valence-electron chi connectivity index (χ4n) is 2.32. The number of nitrogens with zero attached hydrogens (tertiary/aromatic N) is 2. The maximum Gasteiger partial charge on any atom is 0.328 e. The van der Waals surface area contributed by atoms with Gasteiger partial charge in [0, 0.05) is 13.0 Å². The number of carbonyl (C=O) groups is 2. The van der Waals surface area contributed by atoms with Crippen molar-refractivity contribution in [3.63, 3.8) is 0 Å². The zero-order chi connectivity index (χ0) is 20.2. The zero-order valence-electron chi connectivity index (χ0n) is 15.1. The van der Waals surface area contributed by atoms with E-state index in [4.69, 9.17) is 10.5 Å². The molecule has 0 saturated heterocycles. The number of quaternary nitrogens is 1. The number of nitrogens with one attached hydrogen (secondary N) is 2. The number of nitro groups is 1. The van der Waals surface area contributed by atoms with Crippen LogP contribution in [-0.4, -0.2) is 48.6 Å². The Morgan fingerprint density at radius 2 is 2.04 bits per heavy atom. The van der Waals surface area contributed by atoms with Crippen LogP contribution in [0.15, 0.2) is 35.4 Å². The van der Waals surface area contributed by atoms with Crippen molar-refractivity contribution in [3.8, 4) is 0 Å². The minimum Gasteiger partial charge on any atom is -0.467 e. The number of esters is 1. The first-order chi connectivity index (χ1) is 12.8. The molecule has 0 radical (unpaired) electrons. The average molecular weight is 381 g/mol. The SMILES string of the molecule is COC(=O)C(CCCN/C(N)=N/[N+](=O)[O-])NC(=O)C([NH3+])Cc1ccccc1. The van der Waals surface area contributed by atoms with E-state index >= 15 is 0 Å². The van der Waals surface area contributed by atoms with Crippen LogP contribution in [0.2, 0.25) is 0 Å². The average Bonchev–Trinajstić information content (AvgIpc) is 2.63. The second-order valence-corrected chi connectivity index (χ2v) is 5.76. The van der Waals surface area contributed by atoms with Gasteiger partial charge in [-0.2, -0.15) is 0 Å². The van der Waals surface area contributed by atoms with E-state index in [1.807, 2.05) is 30.3 Å². The molecule has 1 aromatic rings. The first-order valence-corrected chi connectivity index (χ1v) is 8.31. The van der Waals surface area contributed by atoms with Crippen molar-refractivity contribution < 1.29 is 25.1 Å². The van der Waals surface area contributed by atoms with Gasteiger partial charge in [0.25, 0.3) is 11.9 Å². The lowest BCUT2D eigenvalue weighted by Gasteiger charge is -2.18. The first-order valence-electron chi connectivity index (χ1n) is 8.31. The van der Waals surface area contributed by atoms with E-state index in [0.29, 0.717) is 12.8 Å². The third kappa shape index (κ3) is 8.63. The zero-order valence-corrected chi connectivity index (χ0v) is 15.1. The van der Waals surface area contributed by atoms with Crippen LogP contribution in [0.3, 0.4) is 0 Å². The summed E-state index contributed by atoms with van der Waals surface area (Å²) >= 11 is 0. The largest absolute Gasteiger partial charge is 0.467 e. The molecule has 0 fully saturated rings. The van der Waals surface area contributed by atoms with E-state index < -0.39 is 23.1 Å². The van der Waals surface area contributed by atoms with Crippen LogP contribution in [0, 0.1) is 10.1 Å². The fraction of sp³-hybridized carbons (Fsp3) is 0.438. The molecule has 0 saturated carbocycles. The van der Waals surface area contributed by atoms with Crippen molar-refractivity contribution in [1.82, 2.24) is 10.6 Å². The molecule has 0 aliphatic rings. The number of rotatable bonds is 10. The summed E-state index contributed by atoms with van der Waals surface area (Å²) in [7, 11) is 1.23. The Balaban J connectivity index is 2.52. The lowest BCUT2D eigenvalue weighted by molar-refractivity contribution is -0.485. The monoisotopic (exact) mass is 381 g/mol. The van der Waals surface area contributed by atoms with Crippen LogP contribution >= 0.6 is 0 Å². The Labute approximate surface area is 156 Å². The van der Waals surface area contributed by atoms with E-state index in [1.165, 1.54) is 7.11 Å². The standard InChI is InChI=1S/C16H24N6O5/c1-27-15(24)13(8-5-9-19-16(18)21-22(25)26)20-14(23)12(17)10-11-6-3-2-4-7-11/h2-4,6-7,12-13H,5,8-10,17H2,1H3,(H,20,23)(H3,18,19,21)/p+1. The molecule has 2 atom stereocenters. The molecular formula is C16H25N6O5+. The Morgan fingerprint density at radius 3 is 2.63 bits per heavy atom. The molecule has 1 amide bonds. The third-order valence-corrected chi connectivity index (χ3v) is 3.66. The van der Waals surface area contributed by atoms with Crippen molar-refractivity contribution in [2.75, 3.05) is 13.7 Å². The van der Waals surface area contributed by atoms with Crippen molar-refractivity contribution in [3.05, 3.63) is 46.0 Å². The van der Waals surface area contributed by atoms with Gasteiger partial charge in [0.1, 0.15) is 11.1 Å². The minimum atomic E-state index is -0.916. The molecule has 0 spiro atoms. The van der Waals surface area contributed by atoms with Crippen molar-refractivity contribution in [2.45, 2.75) is 31.3 Å². The van der Waals surface area contributed by atoms with Crippen LogP contribution in [0.4, 0.5) is 0 Å². The number of methoxy groups -OCH3 is 1. The number of nitrogens with two attached hydrogens (primary N) is 1. The Morgan fingerprint density at radius 1 is 1.37 bits per heavy atom. The first kappa shape index (κ1) is 21.8. The highest BCUT2D eigenvalue weighted by Crippen LogP contribution is 2.03. The molecule has 0 aliphatic carbocycles. The Hall–Kier alpha value is -3.21. The van der Waals surface area contributed by atoms with Gasteiger partial charge in [0.2, 0.25) is 0 Å². The quantitative estimate of drug-likeness (QED) is 0.0939. The molecule has 0 aliphatic heterocycles. The summed E-state index contributed by atoms with van der Waals surface area (Å²) < 4.78 is 4.71. The summed E-state index contributed by atoms with van der Waals surface area (Å²) in [6, 6.07) is 8.00. The summed E-state index contributed by atoms with van der Waals surface area (Å²) in [5.74, 6) is -1.28. The van der Waals surface area contributed by atoms with Crippen molar-refractivity contribution in [2.24, 2.45) is 10.8 Å². The van der Waals surface area contributed by atoms with Gasteiger partial charge < -0.3 is 26.8 Å². The maximum absolute atomic E-state index is 12.3. The second-order valence-electron chi connectivity index (χ2n) is 5.76. The predicted octanol–water partition coefficient (Wildman–Crippen LogP) is -1.63. The van der Waals surface area contributed by atoms with Crippen LogP contribution in [0.1, 0.15) is 18.4 Å². The maximum atomic E-state index is 12.3. The van der Waals surface area contributed by atoms with E-state index in [0.717, 1.165) is 5.56 Å². The lowest BCUT2D eigenvalue weighted by atomic mass is 10.1. The van der Waals surface area contributed by atoms with Crippen LogP contribution in [0.25, 0.3) is 0 Å². The number of guanidine groups is 1. The predicted molar refractivity (Wildman–Crippen MR) is 96.6 cm³/mol. The molecular weight excluding hydrogens is 356 g/mol. The molecule has 1 aromatic carbocycles. The number of hydrogen-bond acceptors (Lipinski definition) is 5. The number of carbonyl (C=O) groups excluding carboxylic acids is 2. The van der Waals surface area contributed by atoms with Crippen LogP contribution in [-0.2, 0) is 20.7 Å². The van der Waals surface area contributed by atoms with Gasteiger partial charge in [-0.05, 0) is 18.4 Å². The summed E-state index contributed by atoms with van der Waals surface area (Å²) in [5.41, 5.74) is 10.1. The summed E-state index contributed by atoms with van der Waals surface area (Å²) in [4.78, 5) is 34.4. The molecule has 0 aromatic heterocycles. The minimum absolute atomic E-state index is 0.240. The van der Waals surface area contributed by atoms with E-state index in [9.17, 15) is 19.7 Å². The van der Waals surface area contributed by atoms with Crippen molar-refractivity contribution in [1.29, 1.82) is 0 Å². The highest BCUT2D eigenvalue weighted by Gasteiger charge is 2.26. The molecule has 1 rings (SSSR count). The Kier molecular flexibility index (Phi) is 9.23. The van der Waals surface area contributed by atoms with Gasteiger partial charge in [-0.15, -0.1) is 0 Å². The molecule has 148 valence electrons. The summed E-state index contributed by atoms with van der Waals surface area (Å²) in [5, 5.41) is 17.3. The van der Waals surface area contributed by atoms with Crippen LogP contribution in [0.5, 0.6) is 0 Å². The van der Waals surface area contributed by atoms with Gasteiger partial charge in [-0.1, -0.05) is 30.3 Å². The third-order valence-electron chi connectivity index (χ3n) is 3.66. The number of hydrazone groups is 1. The highest BCUT2D eigenvalue weighted by molar-refractivity contribution is 5.86. The van der Waals surface area contributed by atoms with Gasteiger partial charge >= 0.3 is 5.97 Å². The van der Waals surface area contributed by atoms with Gasteiger partial charge in [-0.25, -0.2) is 14.9 Å². The smallest absolute Gasteiger partial charge is 0.328 e. The van der Waals surface area contributed by atoms with E-state index in [-0.39, 0.29) is 24.8 Å². The lowest BCUT2D eigenvalue weighted by Crippen LogP contribution is -2.69. The number of hydrogen-bond donors (Lipinski definition) is 4. The summed E-state index contributed by atoms with van der Waals surface area (Å²) in [6.07, 6.45) is 1.10. The van der Waals surface area contributed by atoms with Gasteiger partial charge in [-0.3, -0.25) is 4.79 Å². The summed E-state index contributed by atoms with van der Waals surface area (Å²) in [6.45, 7) is 0.240. The van der Waals surface area contributed by atoms with Crippen LogP contribution < -0.4 is 22.1 Å². The highest BCUT2D eigenvalue weighted by atomic mass is 16.7. The van der Waals surface area contributed by atoms with Crippen molar-refractivity contribution >= 4 is 17.8 Å². The van der Waals surface area contributed by atoms with Gasteiger partial charge in [0.15, 0.2) is 11.1 Å². The van der Waals surface area contributed by atoms with Gasteiger partial charge in [0.05, 0.1) is 7.11 Å². The van der Waals surface area contributed by atoms with E-state index in [1.54, 1.807) is 0 Å². The Bertz CT molecular complexity index is 667. The number of ether oxygens (including phenoxy) is 1. The molecule has 2 unspecified atom stereocenters. The second kappa shape index (κ2) is 11.4. The molecule has 7 N–H and O–H groups in total. The fourth-order valence-corrected chi connectivity index (χ4v) is 2.32. The molecule has 11 heteroatoms. The van der Waals surface area contributed by atoms with E-state index in [2.05, 4.69) is 21.5 Å². The number of amides is 1. The normalized spacial score (nSPS) is 13.3. The topological polar surface area (TPSA) is 177 Å². The molecule has 11 nitrogen and oxygen atoms in total. The molecule has 0 heterocycles. The number of benzene rings is 1. The molecule has 0 bridgehead atoms. The molecule has 27 heavy (non-hydrogen) atoms.